The number of sulfonamides is 1. The monoisotopic (exact) mass is 431 g/mol. The lowest BCUT2D eigenvalue weighted by Crippen LogP contribution is -2.26. The molecule has 0 saturated carbocycles. The minimum absolute atomic E-state index is 0.00270. The molecule has 1 aromatic carbocycles. The molecule has 1 heterocycles. The fraction of sp³-hybridized carbons (Fsp3) is 0.333. The first kappa shape index (κ1) is 22.6. The zero-order valence-electron chi connectivity index (χ0n) is 15.5. The third kappa shape index (κ3) is 6.71. The molecule has 1 aromatic heterocycles. The third-order valence-electron chi connectivity index (χ3n) is 3.72. The molecule has 0 fully saturated rings. The predicted molar refractivity (Wildman–Crippen MR) is 99.9 cm³/mol. The van der Waals surface area contributed by atoms with Gasteiger partial charge in [0.2, 0.25) is 10.0 Å². The Kier molecular flexibility index (Phi) is 7.57. The topological polar surface area (TPSA) is 97.4 Å². The number of aromatic nitrogens is 1. The zero-order valence-corrected chi connectivity index (χ0v) is 16.3. The zero-order chi connectivity index (χ0) is 21.5. The average molecular weight is 431 g/mol. The molecular formula is C18H20F3N3O4S. The number of rotatable bonds is 9. The van der Waals surface area contributed by atoms with E-state index >= 15 is 0 Å². The highest BCUT2D eigenvalue weighted by Gasteiger charge is 2.30. The van der Waals surface area contributed by atoms with E-state index in [9.17, 15) is 26.4 Å². The summed E-state index contributed by atoms with van der Waals surface area (Å²) in [5.74, 6) is -0.275. The van der Waals surface area contributed by atoms with Crippen LogP contribution in [-0.4, -0.2) is 39.1 Å². The van der Waals surface area contributed by atoms with E-state index in [2.05, 4.69) is 15.0 Å². The maximum absolute atomic E-state index is 12.5. The van der Waals surface area contributed by atoms with Crippen LogP contribution in [0.15, 0.2) is 47.5 Å². The molecule has 2 rings (SSSR count). The Morgan fingerprint density at radius 1 is 1.10 bits per heavy atom. The van der Waals surface area contributed by atoms with Crippen molar-refractivity contribution in [2.45, 2.75) is 24.4 Å². The molecule has 0 bridgehead atoms. The van der Waals surface area contributed by atoms with Gasteiger partial charge < -0.3 is 10.1 Å². The summed E-state index contributed by atoms with van der Waals surface area (Å²) < 4.78 is 69.1. The fourth-order valence-electron chi connectivity index (χ4n) is 2.25. The molecule has 2 N–H and O–H groups in total. The largest absolute Gasteiger partial charge is 0.462 e. The minimum atomic E-state index is -4.45. The van der Waals surface area contributed by atoms with Gasteiger partial charge in [0.05, 0.1) is 22.6 Å². The fourth-order valence-corrected chi connectivity index (χ4v) is 3.32. The second kappa shape index (κ2) is 9.70. The molecule has 29 heavy (non-hydrogen) atoms. The number of benzene rings is 1. The molecule has 0 aliphatic heterocycles. The van der Waals surface area contributed by atoms with Gasteiger partial charge in [-0.25, -0.2) is 22.9 Å². The quantitative estimate of drug-likeness (QED) is 0.468. The van der Waals surface area contributed by atoms with E-state index in [1.54, 1.807) is 6.92 Å². The number of halogens is 3. The summed E-state index contributed by atoms with van der Waals surface area (Å²) in [6.45, 7) is 2.30. The highest BCUT2D eigenvalue weighted by Crippen LogP contribution is 2.28. The van der Waals surface area contributed by atoms with E-state index < -0.39 is 27.7 Å². The number of alkyl halides is 3. The van der Waals surface area contributed by atoms with Crippen LogP contribution in [0.5, 0.6) is 0 Å². The molecule has 0 aliphatic rings. The van der Waals surface area contributed by atoms with Crippen molar-refractivity contribution < 1.29 is 31.1 Å². The molecule has 158 valence electrons. The van der Waals surface area contributed by atoms with Gasteiger partial charge in [-0.15, -0.1) is 0 Å². The van der Waals surface area contributed by atoms with Crippen LogP contribution in [0.4, 0.5) is 19.0 Å². The Balaban J connectivity index is 1.80. The van der Waals surface area contributed by atoms with Crippen LogP contribution in [0, 0.1) is 0 Å². The summed E-state index contributed by atoms with van der Waals surface area (Å²) in [5, 5.41) is 2.82. The van der Waals surface area contributed by atoms with Gasteiger partial charge in [0, 0.05) is 19.3 Å². The summed E-state index contributed by atoms with van der Waals surface area (Å²) in [6.07, 6.45) is -3.34. The summed E-state index contributed by atoms with van der Waals surface area (Å²) in [7, 11) is -3.75. The van der Waals surface area contributed by atoms with Crippen LogP contribution in [-0.2, 0) is 20.9 Å². The number of hydrogen-bond acceptors (Lipinski definition) is 6. The Labute approximate surface area is 166 Å². The van der Waals surface area contributed by atoms with Gasteiger partial charge in [-0.1, -0.05) is 0 Å². The molecule has 0 atom stereocenters. The smallest absolute Gasteiger partial charge is 0.417 e. The second-order valence-electron chi connectivity index (χ2n) is 5.85. The maximum Gasteiger partial charge on any atom is 0.417 e. The second-order valence-corrected chi connectivity index (χ2v) is 7.62. The van der Waals surface area contributed by atoms with E-state index in [-0.39, 0.29) is 29.4 Å². The minimum Gasteiger partial charge on any atom is -0.462 e. The molecular weight excluding hydrogens is 411 g/mol. The number of carbonyl (C=O) groups is 1. The van der Waals surface area contributed by atoms with Crippen molar-refractivity contribution >= 4 is 21.8 Å². The van der Waals surface area contributed by atoms with Crippen LogP contribution in [0.25, 0.3) is 0 Å². The molecule has 2 aromatic rings. The van der Waals surface area contributed by atoms with Crippen molar-refractivity contribution in [3.05, 3.63) is 53.7 Å². The van der Waals surface area contributed by atoms with Gasteiger partial charge in [0.1, 0.15) is 5.82 Å². The van der Waals surface area contributed by atoms with Crippen molar-refractivity contribution in [3.63, 3.8) is 0 Å². The molecule has 0 radical (unpaired) electrons. The van der Waals surface area contributed by atoms with Crippen LogP contribution < -0.4 is 10.0 Å². The Bertz CT molecular complexity index is 915. The number of carbonyl (C=O) groups excluding carboxylic acids is 1. The summed E-state index contributed by atoms with van der Waals surface area (Å²) in [5.41, 5.74) is -0.594. The van der Waals surface area contributed by atoms with E-state index in [4.69, 9.17) is 4.74 Å². The van der Waals surface area contributed by atoms with E-state index in [0.29, 0.717) is 13.0 Å². The highest BCUT2D eigenvalue weighted by molar-refractivity contribution is 7.89. The first-order valence-corrected chi connectivity index (χ1v) is 10.2. The number of esters is 1. The van der Waals surface area contributed by atoms with Gasteiger partial charge in [-0.05, 0) is 49.7 Å². The van der Waals surface area contributed by atoms with E-state index in [1.165, 1.54) is 30.3 Å². The lowest BCUT2D eigenvalue weighted by Gasteiger charge is -2.10. The van der Waals surface area contributed by atoms with Crippen molar-refractivity contribution in [1.29, 1.82) is 0 Å². The number of ether oxygens (including phenoxy) is 1. The highest BCUT2D eigenvalue weighted by atomic mass is 32.2. The van der Waals surface area contributed by atoms with Crippen molar-refractivity contribution in [3.8, 4) is 0 Å². The van der Waals surface area contributed by atoms with Crippen molar-refractivity contribution in [1.82, 2.24) is 9.71 Å². The van der Waals surface area contributed by atoms with Crippen LogP contribution in [0.2, 0.25) is 0 Å². The Morgan fingerprint density at radius 2 is 1.79 bits per heavy atom. The lowest BCUT2D eigenvalue weighted by molar-refractivity contribution is -0.137. The molecule has 0 spiro atoms. The van der Waals surface area contributed by atoms with Gasteiger partial charge >= 0.3 is 12.1 Å². The molecule has 0 unspecified atom stereocenters. The SMILES string of the molecule is CCOC(=O)c1ccc(S(=O)(=O)NCCCNc2ccc(C(F)(F)F)cn2)cc1. The lowest BCUT2D eigenvalue weighted by atomic mass is 10.2. The molecule has 0 saturated heterocycles. The number of anilines is 1. The average Bonchev–Trinajstić information content (AvgIpc) is 2.67. The van der Waals surface area contributed by atoms with Gasteiger partial charge in [0.15, 0.2) is 0 Å². The first-order valence-electron chi connectivity index (χ1n) is 8.67. The van der Waals surface area contributed by atoms with Crippen LogP contribution in [0.1, 0.15) is 29.3 Å². The summed E-state index contributed by atoms with van der Waals surface area (Å²) in [4.78, 5) is 15.2. The maximum atomic E-state index is 12.5. The summed E-state index contributed by atoms with van der Waals surface area (Å²) in [6, 6.07) is 7.46. The molecule has 0 amide bonds. The molecule has 7 nitrogen and oxygen atoms in total. The van der Waals surface area contributed by atoms with E-state index in [1.807, 2.05) is 0 Å². The van der Waals surface area contributed by atoms with Gasteiger partial charge in [-0.3, -0.25) is 0 Å². The Hall–Kier alpha value is -2.66. The van der Waals surface area contributed by atoms with Crippen molar-refractivity contribution in [2.75, 3.05) is 25.0 Å². The third-order valence-corrected chi connectivity index (χ3v) is 5.20. The molecule has 11 heteroatoms. The standard InChI is InChI=1S/C18H20F3N3O4S/c1-2-28-17(25)13-4-7-15(8-5-13)29(26,27)24-11-3-10-22-16-9-6-14(12-23-16)18(19,20)21/h4-9,12,24H,2-3,10-11H2,1H3,(H,22,23). The number of pyridine rings is 1. The Morgan fingerprint density at radius 3 is 2.34 bits per heavy atom. The van der Waals surface area contributed by atoms with E-state index in [0.717, 1.165) is 12.3 Å². The number of hydrogen-bond donors (Lipinski definition) is 2. The molecule has 0 aliphatic carbocycles. The number of nitrogens with one attached hydrogen (secondary N) is 2. The normalized spacial score (nSPS) is 11.9. The van der Waals surface area contributed by atoms with Crippen LogP contribution in [0.3, 0.4) is 0 Å². The summed E-state index contributed by atoms with van der Waals surface area (Å²) >= 11 is 0. The van der Waals surface area contributed by atoms with Crippen LogP contribution >= 0.6 is 0 Å². The first-order chi connectivity index (χ1) is 13.6. The van der Waals surface area contributed by atoms with Crippen molar-refractivity contribution in [2.24, 2.45) is 0 Å². The number of nitrogens with zero attached hydrogens (tertiary/aromatic N) is 1. The predicted octanol–water partition coefficient (Wildman–Crippen LogP) is 3.06. The van der Waals surface area contributed by atoms with Gasteiger partial charge in [-0.2, -0.15) is 13.2 Å². The van der Waals surface area contributed by atoms with Gasteiger partial charge in [0.25, 0.3) is 0 Å².